The van der Waals surface area contributed by atoms with Crippen molar-refractivity contribution in [3.8, 4) is 0 Å². The van der Waals surface area contributed by atoms with Crippen molar-refractivity contribution in [3.63, 3.8) is 0 Å². The molecule has 0 saturated carbocycles. The Labute approximate surface area is 88.1 Å². The first-order chi connectivity index (χ1) is 7.08. The molecule has 0 bridgehead atoms. The third-order valence-corrected chi connectivity index (χ3v) is 2.21. The fourth-order valence-corrected chi connectivity index (χ4v) is 1.42. The normalized spacial score (nSPS) is 11.7. The van der Waals surface area contributed by atoms with E-state index in [1.807, 2.05) is 24.3 Å². The van der Waals surface area contributed by atoms with Crippen molar-refractivity contribution >= 4 is 0 Å². The molecule has 0 aliphatic rings. The summed E-state index contributed by atoms with van der Waals surface area (Å²) in [6.07, 6.45) is -2.11. The van der Waals surface area contributed by atoms with Crippen molar-refractivity contribution in [2.45, 2.75) is 38.3 Å². The second-order valence-corrected chi connectivity index (χ2v) is 3.58. The van der Waals surface area contributed by atoms with Gasteiger partial charge >= 0.3 is 6.18 Å². The number of halogens is 3. The van der Waals surface area contributed by atoms with E-state index in [-0.39, 0.29) is 6.42 Å². The minimum atomic E-state index is -4.00. The Kier molecular flexibility index (Phi) is 4.66. The van der Waals surface area contributed by atoms with Crippen LogP contribution in [0.15, 0.2) is 24.3 Å². The lowest BCUT2D eigenvalue weighted by atomic mass is 10.1. The van der Waals surface area contributed by atoms with Gasteiger partial charge in [-0.05, 0) is 30.9 Å². The number of hydrogen-bond acceptors (Lipinski definition) is 0. The van der Waals surface area contributed by atoms with Gasteiger partial charge in [0.25, 0.3) is 0 Å². The number of hydrogen-bond donors (Lipinski definition) is 0. The number of aryl methyl sites for hydroxylation is 1. The van der Waals surface area contributed by atoms with E-state index in [0.29, 0.717) is 6.42 Å². The maximum absolute atomic E-state index is 11.8. The zero-order chi connectivity index (χ0) is 11.1. The van der Waals surface area contributed by atoms with E-state index >= 15 is 0 Å². The van der Waals surface area contributed by atoms with Crippen LogP contribution in [0.1, 0.15) is 31.2 Å². The molecule has 1 aromatic carbocycles. The van der Waals surface area contributed by atoms with Crippen molar-refractivity contribution < 1.29 is 13.2 Å². The zero-order valence-corrected chi connectivity index (χ0v) is 8.48. The molecule has 0 aliphatic carbocycles. The Bertz CT molecular complexity index is 264. The fraction of sp³-hybridized carbons (Fsp3) is 0.500. The van der Waals surface area contributed by atoms with E-state index in [1.54, 1.807) is 0 Å². The van der Waals surface area contributed by atoms with Crippen LogP contribution in [0.3, 0.4) is 0 Å². The van der Waals surface area contributed by atoms with Gasteiger partial charge in [0.15, 0.2) is 0 Å². The van der Waals surface area contributed by atoms with Crippen LogP contribution in [-0.2, 0) is 6.42 Å². The highest BCUT2D eigenvalue weighted by molar-refractivity contribution is 5.13. The van der Waals surface area contributed by atoms with Gasteiger partial charge < -0.3 is 0 Å². The average molecular weight is 215 g/mol. The molecule has 0 nitrogen and oxygen atoms in total. The third-order valence-electron chi connectivity index (χ3n) is 2.21. The molecule has 0 amide bonds. The summed E-state index contributed by atoms with van der Waals surface area (Å²) in [5.41, 5.74) is 1.17. The summed E-state index contributed by atoms with van der Waals surface area (Å²) in [6.45, 7) is 0. The lowest BCUT2D eigenvalue weighted by Crippen LogP contribution is -2.06. The summed E-state index contributed by atoms with van der Waals surface area (Å²) in [6, 6.07) is 10.5. The van der Waals surface area contributed by atoms with Crippen molar-refractivity contribution in [3.05, 3.63) is 35.9 Å². The highest BCUT2D eigenvalue weighted by atomic mass is 19.4. The number of alkyl halides is 3. The second-order valence-electron chi connectivity index (χ2n) is 3.58. The van der Waals surface area contributed by atoms with Crippen molar-refractivity contribution in [2.24, 2.45) is 0 Å². The maximum atomic E-state index is 11.8. The molecule has 83 valence electrons. The summed E-state index contributed by atoms with van der Waals surface area (Å²) in [4.78, 5) is 0. The molecule has 0 aliphatic heterocycles. The molecule has 0 fully saturated rings. The topological polar surface area (TPSA) is 0 Å². The first-order valence-corrected chi connectivity index (χ1v) is 5.10. The van der Waals surface area contributed by atoms with Crippen LogP contribution < -0.4 is 0 Å². The van der Waals surface area contributed by atoms with E-state index < -0.39 is 12.6 Å². The van der Waals surface area contributed by atoms with Crippen molar-refractivity contribution in [1.82, 2.24) is 0 Å². The molecule has 0 atom stereocenters. The van der Waals surface area contributed by atoms with Gasteiger partial charge in [0.1, 0.15) is 0 Å². The van der Waals surface area contributed by atoms with Crippen LogP contribution >= 0.6 is 0 Å². The molecule has 1 radical (unpaired) electrons. The summed E-state index contributed by atoms with van der Waals surface area (Å²) in [5.74, 6) is 0. The maximum Gasteiger partial charge on any atom is 0.389 e. The van der Waals surface area contributed by atoms with Crippen LogP contribution in [0.25, 0.3) is 0 Å². The Morgan fingerprint density at radius 1 is 1.00 bits per heavy atom. The molecule has 0 aromatic heterocycles. The second kappa shape index (κ2) is 5.79. The monoisotopic (exact) mass is 215 g/mol. The molecule has 1 rings (SSSR count). The van der Waals surface area contributed by atoms with E-state index in [0.717, 1.165) is 12.8 Å². The van der Waals surface area contributed by atoms with Crippen LogP contribution in [0.4, 0.5) is 13.2 Å². The summed E-state index contributed by atoms with van der Waals surface area (Å²) >= 11 is 0. The molecule has 0 unspecified atom stereocenters. The Hall–Kier alpha value is -0.990. The summed E-state index contributed by atoms with van der Waals surface area (Å²) < 4.78 is 35.4. The average Bonchev–Trinajstić information content (AvgIpc) is 2.17. The SMILES string of the molecule is FC(F)(F)CCCCCc1cc[c]cc1. The van der Waals surface area contributed by atoms with Crippen LogP contribution in [0, 0.1) is 6.07 Å². The van der Waals surface area contributed by atoms with E-state index in [9.17, 15) is 13.2 Å². The largest absolute Gasteiger partial charge is 0.389 e. The van der Waals surface area contributed by atoms with Gasteiger partial charge in [0.2, 0.25) is 0 Å². The lowest BCUT2D eigenvalue weighted by molar-refractivity contribution is -0.135. The van der Waals surface area contributed by atoms with E-state index in [4.69, 9.17) is 0 Å². The van der Waals surface area contributed by atoms with Gasteiger partial charge in [0.05, 0.1) is 0 Å². The van der Waals surface area contributed by atoms with Crippen LogP contribution in [0.5, 0.6) is 0 Å². The molecule has 0 spiro atoms. The molecular weight excluding hydrogens is 201 g/mol. The summed E-state index contributed by atoms with van der Waals surface area (Å²) in [5, 5.41) is 0. The van der Waals surface area contributed by atoms with Crippen LogP contribution in [-0.4, -0.2) is 6.18 Å². The predicted octanol–water partition coefficient (Wildman–Crippen LogP) is 4.15. The number of rotatable bonds is 5. The highest BCUT2D eigenvalue weighted by Gasteiger charge is 2.25. The van der Waals surface area contributed by atoms with Gasteiger partial charge in [-0.2, -0.15) is 13.2 Å². The molecular formula is C12H14F3. The molecule has 0 N–H and O–H groups in total. The first kappa shape index (κ1) is 12.1. The standard InChI is InChI=1S/C12H14F3/c13-12(14,15)10-6-2-5-9-11-7-3-1-4-8-11/h3-4,7-8H,2,5-6,9-10H2. The molecule has 0 heterocycles. The van der Waals surface area contributed by atoms with Gasteiger partial charge in [-0.25, -0.2) is 0 Å². The van der Waals surface area contributed by atoms with Gasteiger partial charge in [0, 0.05) is 6.42 Å². The third kappa shape index (κ3) is 6.15. The minimum Gasteiger partial charge on any atom is -0.171 e. The zero-order valence-electron chi connectivity index (χ0n) is 8.48. The lowest BCUT2D eigenvalue weighted by Gasteiger charge is -2.05. The van der Waals surface area contributed by atoms with Gasteiger partial charge in [-0.1, -0.05) is 30.7 Å². The Morgan fingerprint density at radius 3 is 2.27 bits per heavy atom. The molecule has 1 aromatic rings. The van der Waals surface area contributed by atoms with Crippen molar-refractivity contribution in [2.75, 3.05) is 0 Å². The van der Waals surface area contributed by atoms with Crippen molar-refractivity contribution in [1.29, 1.82) is 0 Å². The minimum absolute atomic E-state index is 0.239. The quantitative estimate of drug-likeness (QED) is 0.647. The molecule has 3 heteroatoms. The number of unbranched alkanes of at least 4 members (excludes halogenated alkanes) is 2. The van der Waals surface area contributed by atoms with E-state index in [1.165, 1.54) is 5.56 Å². The van der Waals surface area contributed by atoms with Gasteiger partial charge in [-0.3, -0.25) is 0 Å². The smallest absolute Gasteiger partial charge is 0.171 e. The Morgan fingerprint density at radius 2 is 1.67 bits per heavy atom. The predicted molar refractivity (Wildman–Crippen MR) is 53.5 cm³/mol. The fourth-order valence-electron chi connectivity index (χ4n) is 1.42. The number of benzene rings is 1. The van der Waals surface area contributed by atoms with E-state index in [2.05, 4.69) is 6.07 Å². The van der Waals surface area contributed by atoms with Crippen LogP contribution in [0.2, 0.25) is 0 Å². The van der Waals surface area contributed by atoms with Gasteiger partial charge in [-0.15, -0.1) is 0 Å². The highest BCUT2D eigenvalue weighted by Crippen LogP contribution is 2.22. The summed E-state index contributed by atoms with van der Waals surface area (Å²) in [7, 11) is 0. The molecule has 0 saturated heterocycles. The first-order valence-electron chi connectivity index (χ1n) is 5.10. The molecule has 15 heavy (non-hydrogen) atoms. The Balaban J connectivity index is 2.08.